The standard InChI is InChI=1S/C19H12BrCl2N3O2/c1-10-7-11(21)8-12-15(9-26)27-19(24-17(10)12)14-4-5-16(20)25(14)18-13(22)3-2-6-23-18/h2-9,15H,1H3. The van der Waals surface area contributed by atoms with Gasteiger partial charge >= 0.3 is 0 Å². The van der Waals surface area contributed by atoms with Crippen molar-refractivity contribution in [2.24, 2.45) is 4.99 Å². The van der Waals surface area contributed by atoms with Gasteiger partial charge < -0.3 is 4.74 Å². The summed E-state index contributed by atoms with van der Waals surface area (Å²) in [5.74, 6) is 0.830. The van der Waals surface area contributed by atoms with Crippen LogP contribution in [0, 0.1) is 6.92 Å². The van der Waals surface area contributed by atoms with Crippen LogP contribution in [-0.2, 0) is 9.53 Å². The third-order valence-electron chi connectivity index (χ3n) is 4.18. The van der Waals surface area contributed by atoms with Gasteiger partial charge in [0.1, 0.15) is 5.69 Å². The number of carbonyl (C=O) groups is 1. The van der Waals surface area contributed by atoms with Crippen LogP contribution in [0.15, 0.2) is 52.2 Å². The number of aliphatic imine (C=N–C) groups is 1. The van der Waals surface area contributed by atoms with Crippen molar-refractivity contribution in [2.45, 2.75) is 13.0 Å². The molecular formula is C19H12BrCl2N3O2. The number of halogens is 3. The van der Waals surface area contributed by atoms with Gasteiger partial charge in [0, 0.05) is 16.8 Å². The number of nitrogens with zero attached hydrogens (tertiary/aromatic N) is 3. The largest absolute Gasteiger partial charge is 0.460 e. The maximum Gasteiger partial charge on any atom is 0.240 e. The third kappa shape index (κ3) is 3.18. The van der Waals surface area contributed by atoms with Gasteiger partial charge in [-0.05, 0) is 64.8 Å². The summed E-state index contributed by atoms with van der Waals surface area (Å²) in [6.45, 7) is 1.89. The van der Waals surface area contributed by atoms with Gasteiger partial charge in [0.05, 0.1) is 15.3 Å². The number of pyridine rings is 1. The second-order valence-electron chi connectivity index (χ2n) is 5.94. The van der Waals surface area contributed by atoms with E-state index in [1.807, 2.05) is 19.1 Å². The highest BCUT2D eigenvalue weighted by molar-refractivity contribution is 9.10. The van der Waals surface area contributed by atoms with Crippen LogP contribution in [0.3, 0.4) is 0 Å². The van der Waals surface area contributed by atoms with E-state index in [4.69, 9.17) is 27.9 Å². The Labute approximate surface area is 173 Å². The predicted molar refractivity (Wildman–Crippen MR) is 109 cm³/mol. The molecule has 1 aliphatic rings. The molecule has 0 radical (unpaired) electrons. The number of aryl methyl sites for hydroxylation is 1. The second kappa shape index (κ2) is 7.11. The van der Waals surface area contributed by atoms with E-state index in [1.165, 1.54) is 0 Å². The summed E-state index contributed by atoms with van der Waals surface area (Å²) in [6, 6.07) is 10.7. The molecule has 0 bridgehead atoms. The van der Waals surface area contributed by atoms with Crippen LogP contribution in [-0.4, -0.2) is 21.7 Å². The van der Waals surface area contributed by atoms with Crippen LogP contribution in [0.2, 0.25) is 10.0 Å². The molecule has 4 rings (SSSR count). The summed E-state index contributed by atoms with van der Waals surface area (Å²) in [5, 5.41) is 1.01. The summed E-state index contributed by atoms with van der Waals surface area (Å²) in [7, 11) is 0. The molecule has 1 atom stereocenters. The fourth-order valence-electron chi connectivity index (χ4n) is 3.00. The van der Waals surface area contributed by atoms with E-state index >= 15 is 0 Å². The van der Waals surface area contributed by atoms with Gasteiger partial charge in [-0.2, -0.15) is 0 Å². The monoisotopic (exact) mass is 463 g/mol. The van der Waals surface area contributed by atoms with E-state index in [0.717, 1.165) is 16.5 Å². The lowest BCUT2D eigenvalue weighted by molar-refractivity contribution is -0.114. The first kappa shape index (κ1) is 18.2. The van der Waals surface area contributed by atoms with E-state index < -0.39 is 6.10 Å². The molecule has 0 saturated heterocycles. The minimum Gasteiger partial charge on any atom is -0.460 e. The Hall–Kier alpha value is -2.15. The minimum absolute atomic E-state index is 0.303. The molecule has 2 aromatic heterocycles. The van der Waals surface area contributed by atoms with Crippen LogP contribution in [0.4, 0.5) is 5.69 Å². The zero-order valence-corrected chi connectivity index (χ0v) is 17.1. The lowest BCUT2D eigenvalue weighted by Crippen LogP contribution is -2.21. The molecule has 3 heterocycles. The van der Waals surface area contributed by atoms with E-state index in [-0.39, 0.29) is 0 Å². The molecule has 1 unspecified atom stereocenters. The first-order valence-electron chi connectivity index (χ1n) is 7.99. The normalized spacial score (nSPS) is 15.7. The van der Waals surface area contributed by atoms with Crippen molar-refractivity contribution in [1.29, 1.82) is 0 Å². The predicted octanol–water partition coefficient (Wildman–Crippen LogP) is 5.60. The number of hydrogen-bond donors (Lipinski definition) is 0. The SMILES string of the molecule is Cc1cc(Cl)cc2c1N=C(c1ccc(Br)n1-c1ncccc1Cl)OC2C=O. The Bertz CT molecular complexity index is 1090. The first-order chi connectivity index (χ1) is 13.0. The van der Waals surface area contributed by atoms with E-state index in [9.17, 15) is 4.79 Å². The van der Waals surface area contributed by atoms with Crippen molar-refractivity contribution in [2.75, 3.05) is 0 Å². The molecule has 136 valence electrons. The van der Waals surface area contributed by atoms with Crippen LogP contribution >= 0.6 is 39.1 Å². The summed E-state index contributed by atoms with van der Waals surface area (Å²) in [5.41, 5.74) is 2.80. The highest BCUT2D eigenvalue weighted by atomic mass is 79.9. The van der Waals surface area contributed by atoms with Gasteiger partial charge in [0.25, 0.3) is 0 Å². The zero-order chi connectivity index (χ0) is 19.1. The second-order valence-corrected chi connectivity index (χ2v) is 7.59. The van der Waals surface area contributed by atoms with Crippen molar-refractivity contribution < 1.29 is 9.53 Å². The Balaban J connectivity index is 1.92. The Morgan fingerprint density at radius 2 is 2.07 bits per heavy atom. The maximum atomic E-state index is 11.7. The van der Waals surface area contributed by atoms with Crippen molar-refractivity contribution in [1.82, 2.24) is 9.55 Å². The molecule has 1 aliphatic heterocycles. The fourth-order valence-corrected chi connectivity index (χ4v) is 3.98. The average molecular weight is 465 g/mol. The van der Waals surface area contributed by atoms with Crippen LogP contribution < -0.4 is 0 Å². The molecular weight excluding hydrogens is 453 g/mol. The molecule has 5 nitrogen and oxygen atoms in total. The van der Waals surface area contributed by atoms with E-state index in [0.29, 0.717) is 38.7 Å². The molecule has 0 saturated carbocycles. The average Bonchev–Trinajstić information content (AvgIpc) is 3.03. The van der Waals surface area contributed by atoms with Gasteiger partial charge in [-0.15, -0.1) is 0 Å². The van der Waals surface area contributed by atoms with Crippen LogP contribution in [0.5, 0.6) is 0 Å². The zero-order valence-electron chi connectivity index (χ0n) is 14.0. The van der Waals surface area contributed by atoms with Gasteiger partial charge in [-0.1, -0.05) is 23.2 Å². The number of hydrogen-bond acceptors (Lipinski definition) is 4. The summed E-state index contributed by atoms with van der Waals surface area (Å²) in [4.78, 5) is 20.7. The number of fused-ring (bicyclic) bond motifs is 1. The molecule has 1 aromatic carbocycles. The van der Waals surface area contributed by atoms with Gasteiger partial charge in [0.15, 0.2) is 18.2 Å². The Kier molecular flexibility index (Phi) is 4.80. The Morgan fingerprint density at radius 3 is 2.81 bits per heavy atom. The van der Waals surface area contributed by atoms with Crippen LogP contribution in [0.1, 0.15) is 22.9 Å². The summed E-state index contributed by atoms with van der Waals surface area (Å²) < 4.78 is 8.39. The van der Waals surface area contributed by atoms with Gasteiger partial charge in [-0.25, -0.2) is 9.98 Å². The quantitative estimate of drug-likeness (QED) is 0.474. The number of rotatable bonds is 3. The molecule has 0 amide bonds. The topological polar surface area (TPSA) is 56.5 Å². The summed E-state index contributed by atoms with van der Waals surface area (Å²) in [6.07, 6.45) is 1.59. The van der Waals surface area contributed by atoms with Crippen molar-refractivity contribution >= 4 is 57.0 Å². The Morgan fingerprint density at radius 1 is 1.26 bits per heavy atom. The molecule has 0 fully saturated rings. The van der Waals surface area contributed by atoms with Crippen LogP contribution in [0.25, 0.3) is 5.82 Å². The minimum atomic E-state index is -0.800. The highest BCUT2D eigenvalue weighted by Gasteiger charge is 2.28. The third-order valence-corrected chi connectivity index (χ3v) is 5.31. The van der Waals surface area contributed by atoms with Gasteiger partial charge in [0.2, 0.25) is 5.90 Å². The molecule has 0 spiro atoms. The van der Waals surface area contributed by atoms with Crippen molar-refractivity contribution in [3.05, 3.63) is 74.1 Å². The smallest absolute Gasteiger partial charge is 0.240 e. The van der Waals surface area contributed by atoms with Gasteiger partial charge in [-0.3, -0.25) is 9.36 Å². The lowest BCUT2D eigenvalue weighted by atomic mass is 10.0. The van der Waals surface area contributed by atoms with E-state index in [1.54, 1.807) is 35.0 Å². The lowest BCUT2D eigenvalue weighted by Gasteiger charge is -2.24. The van der Waals surface area contributed by atoms with Crippen molar-refractivity contribution in [3.8, 4) is 5.82 Å². The van der Waals surface area contributed by atoms with E-state index in [2.05, 4.69) is 25.9 Å². The highest BCUT2D eigenvalue weighted by Crippen LogP contribution is 2.38. The fraction of sp³-hybridized carbons (Fsp3) is 0.105. The number of aromatic nitrogens is 2. The summed E-state index contributed by atoms with van der Waals surface area (Å²) >= 11 is 16.0. The molecule has 27 heavy (non-hydrogen) atoms. The number of benzene rings is 1. The molecule has 3 aromatic rings. The number of ether oxygens (including phenoxy) is 1. The maximum absolute atomic E-state index is 11.7. The van der Waals surface area contributed by atoms with Crippen molar-refractivity contribution in [3.63, 3.8) is 0 Å². The number of aldehydes is 1. The first-order valence-corrected chi connectivity index (χ1v) is 9.53. The number of carbonyl (C=O) groups excluding carboxylic acids is 1. The molecule has 0 aliphatic carbocycles. The molecule has 0 N–H and O–H groups in total. The molecule has 8 heteroatoms.